The Labute approximate surface area is 120 Å². The highest BCUT2D eigenvalue weighted by molar-refractivity contribution is 9.10. The molecule has 1 N–H and O–H groups in total. The standard InChI is InChI=1S/C15H14BrNO2/c16-12-5-4-8-14(11-12)19-10-9-15(18)17-13-6-2-1-3-7-13/h1-8,11H,9-10H2,(H,17,18). The van der Waals surface area contributed by atoms with Gasteiger partial charge in [-0.3, -0.25) is 4.79 Å². The van der Waals surface area contributed by atoms with Crippen LogP contribution in [0.2, 0.25) is 0 Å². The van der Waals surface area contributed by atoms with Crippen molar-refractivity contribution in [3.05, 3.63) is 59.1 Å². The lowest BCUT2D eigenvalue weighted by atomic mass is 10.3. The third kappa shape index (κ3) is 4.75. The first-order chi connectivity index (χ1) is 9.24. The van der Waals surface area contributed by atoms with Crippen molar-refractivity contribution in [1.29, 1.82) is 0 Å². The Balaban J connectivity index is 1.75. The molecule has 0 aromatic heterocycles. The van der Waals surface area contributed by atoms with E-state index in [0.29, 0.717) is 13.0 Å². The average Bonchev–Trinajstić information content (AvgIpc) is 2.40. The quantitative estimate of drug-likeness (QED) is 0.908. The van der Waals surface area contributed by atoms with Crippen LogP contribution in [-0.2, 0) is 4.79 Å². The molecule has 2 aromatic rings. The molecule has 19 heavy (non-hydrogen) atoms. The number of carbonyl (C=O) groups is 1. The van der Waals surface area contributed by atoms with Gasteiger partial charge in [0.05, 0.1) is 13.0 Å². The van der Waals surface area contributed by atoms with Crippen molar-refractivity contribution in [2.75, 3.05) is 11.9 Å². The third-order valence-electron chi connectivity index (χ3n) is 2.45. The SMILES string of the molecule is O=C(CCOc1cccc(Br)c1)Nc1ccccc1. The second-order valence-electron chi connectivity index (χ2n) is 3.97. The number of rotatable bonds is 5. The van der Waals surface area contributed by atoms with Crippen LogP contribution in [0.25, 0.3) is 0 Å². The van der Waals surface area contributed by atoms with Gasteiger partial charge in [-0.05, 0) is 30.3 Å². The molecule has 3 nitrogen and oxygen atoms in total. The van der Waals surface area contributed by atoms with Crippen LogP contribution < -0.4 is 10.1 Å². The fourth-order valence-electron chi connectivity index (χ4n) is 1.56. The summed E-state index contributed by atoms with van der Waals surface area (Å²) in [5.74, 6) is 0.697. The summed E-state index contributed by atoms with van der Waals surface area (Å²) < 4.78 is 6.46. The maximum Gasteiger partial charge on any atom is 0.227 e. The van der Waals surface area contributed by atoms with Crippen molar-refractivity contribution in [2.24, 2.45) is 0 Å². The molecule has 0 fully saturated rings. The Morgan fingerprint density at radius 2 is 1.89 bits per heavy atom. The number of halogens is 1. The van der Waals surface area contributed by atoms with Crippen LogP contribution in [0.5, 0.6) is 5.75 Å². The fraction of sp³-hybridized carbons (Fsp3) is 0.133. The van der Waals surface area contributed by atoms with Gasteiger partial charge in [-0.15, -0.1) is 0 Å². The van der Waals surface area contributed by atoms with Gasteiger partial charge in [0.2, 0.25) is 5.91 Å². The van der Waals surface area contributed by atoms with Gasteiger partial charge in [0.15, 0.2) is 0 Å². The predicted octanol–water partition coefficient (Wildman–Crippen LogP) is 3.86. The van der Waals surface area contributed by atoms with Crippen molar-refractivity contribution in [3.63, 3.8) is 0 Å². The maximum atomic E-state index is 11.7. The van der Waals surface area contributed by atoms with E-state index in [9.17, 15) is 4.79 Å². The van der Waals surface area contributed by atoms with E-state index in [0.717, 1.165) is 15.9 Å². The Morgan fingerprint density at radius 1 is 1.11 bits per heavy atom. The van der Waals surface area contributed by atoms with E-state index in [1.165, 1.54) is 0 Å². The summed E-state index contributed by atoms with van der Waals surface area (Å²) in [6.07, 6.45) is 0.321. The summed E-state index contributed by atoms with van der Waals surface area (Å²) in [6.45, 7) is 0.356. The minimum Gasteiger partial charge on any atom is -0.493 e. The Hall–Kier alpha value is -1.81. The van der Waals surface area contributed by atoms with Crippen molar-refractivity contribution in [2.45, 2.75) is 6.42 Å². The molecule has 98 valence electrons. The lowest BCUT2D eigenvalue weighted by Crippen LogP contribution is -2.15. The molecule has 0 bridgehead atoms. The van der Waals surface area contributed by atoms with Crippen LogP contribution in [0.1, 0.15) is 6.42 Å². The van der Waals surface area contributed by atoms with Crippen molar-refractivity contribution in [3.8, 4) is 5.75 Å². The highest BCUT2D eigenvalue weighted by atomic mass is 79.9. The van der Waals surface area contributed by atoms with Gasteiger partial charge in [-0.1, -0.05) is 40.2 Å². The molecule has 1 amide bonds. The number of anilines is 1. The van der Waals surface area contributed by atoms with E-state index in [1.807, 2.05) is 54.6 Å². The molecule has 0 heterocycles. The van der Waals surface area contributed by atoms with Crippen LogP contribution >= 0.6 is 15.9 Å². The summed E-state index contributed by atoms with van der Waals surface area (Å²) in [7, 11) is 0. The summed E-state index contributed by atoms with van der Waals surface area (Å²) in [6, 6.07) is 16.9. The van der Waals surface area contributed by atoms with E-state index in [1.54, 1.807) is 0 Å². The lowest BCUT2D eigenvalue weighted by Gasteiger charge is -2.07. The number of hydrogen-bond acceptors (Lipinski definition) is 2. The Kier molecular flexibility index (Phi) is 4.98. The third-order valence-corrected chi connectivity index (χ3v) is 2.94. The molecule has 0 aliphatic carbocycles. The minimum absolute atomic E-state index is 0.0544. The van der Waals surface area contributed by atoms with E-state index in [2.05, 4.69) is 21.2 Å². The van der Waals surface area contributed by atoms with Crippen LogP contribution in [-0.4, -0.2) is 12.5 Å². The molecule has 2 rings (SSSR count). The number of ether oxygens (including phenoxy) is 1. The fourth-order valence-corrected chi connectivity index (χ4v) is 1.94. The first-order valence-corrected chi connectivity index (χ1v) is 6.76. The highest BCUT2D eigenvalue weighted by Crippen LogP contribution is 2.17. The van der Waals surface area contributed by atoms with Gasteiger partial charge in [0.1, 0.15) is 5.75 Å². The number of carbonyl (C=O) groups excluding carboxylic acids is 1. The maximum absolute atomic E-state index is 11.7. The van der Waals surface area contributed by atoms with Crippen LogP contribution in [0.3, 0.4) is 0 Å². The van der Waals surface area contributed by atoms with Crippen molar-refractivity contribution < 1.29 is 9.53 Å². The van der Waals surface area contributed by atoms with Crippen LogP contribution in [0.4, 0.5) is 5.69 Å². The second-order valence-corrected chi connectivity index (χ2v) is 4.89. The van der Waals surface area contributed by atoms with Gasteiger partial charge in [0, 0.05) is 10.2 Å². The second kappa shape index (κ2) is 6.95. The van der Waals surface area contributed by atoms with Gasteiger partial charge in [0.25, 0.3) is 0 Å². The van der Waals surface area contributed by atoms with Gasteiger partial charge < -0.3 is 10.1 Å². The number of para-hydroxylation sites is 1. The number of hydrogen-bond donors (Lipinski definition) is 1. The molecule has 0 unspecified atom stereocenters. The zero-order chi connectivity index (χ0) is 13.5. The Morgan fingerprint density at radius 3 is 2.63 bits per heavy atom. The molecule has 0 atom stereocenters. The molecular formula is C15H14BrNO2. The van der Waals surface area contributed by atoms with Crippen LogP contribution in [0.15, 0.2) is 59.1 Å². The van der Waals surface area contributed by atoms with Crippen molar-refractivity contribution in [1.82, 2.24) is 0 Å². The van der Waals surface area contributed by atoms with Gasteiger partial charge in [-0.25, -0.2) is 0 Å². The van der Waals surface area contributed by atoms with Gasteiger partial charge >= 0.3 is 0 Å². The lowest BCUT2D eigenvalue weighted by molar-refractivity contribution is -0.116. The molecule has 0 aliphatic heterocycles. The monoisotopic (exact) mass is 319 g/mol. The molecule has 0 spiro atoms. The van der Waals surface area contributed by atoms with Crippen molar-refractivity contribution >= 4 is 27.5 Å². The minimum atomic E-state index is -0.0544. The van der Waals surface area contributed by atoms with E-state index in [-0.39, 0.29) is 5.91 Å². The van der Waals surface area contributed by atoms with E-state index < -0.39 is 0 Å². The number of nitrogens with one attached hydrogen (secondary N) is 1. The normalized spacial score (nSPS) is 9.95. The molecule has 0 saturated carbocycles. The highest BCUT2D eigenvalue weighted by Gasteiger charge is 2.02. The first-order valence-electron chi connectivity index (χ1n) is 5.97. The summed E-state index contributed by atoms with van der Waals surface area (Å²) >= 11 is 3.37. The predicted molar refractivity (Wildman–Crippen MR) is 79.3 cm³/mol. The van der Waals surface area contributed by atoms with Gasteiger partial charge in [-0.2, -0.15) is 0 Å². The number of benzene rings is 2. The Bertz CT molecular complexity index is 543. The molecule has 0 saturated heterocycles. The molecule has 0 radical (unpaired) electrons. The van der Waals surface area contributed by atoms with E-state index in [4.69, 9.17) is 4.74 Å². The molecule has 0 aliphatic rings. The van der Waals surface area contributed by atoms with Crippen LogP contribution in [0, 0.1) is 0 Å². The van der Waals surface area contributed by atoms with E-state index >= 15 is 0 Å². The zero-order valence-electron chi connectivity index (χ0n) is 10.3. The summed E-state index contributed by atoms with van der Waals surface area (Å²) in [5, 5.41) is 2.81. The number of amides is 1. The summed E-state index contributed by atoms with van der Waals surface area (Å²) in [4.78, 5) is 11.7. The molecular weight excluding hydrogens is 306 g/mol. The largest absolute Gasteiger partial charge is 0.493 e. The molecule has 4 heteroatoms. The average molecular weight is 320 g/mol. The first kappa shape index (κ1) is 13.6. The summed E-state index contributed by atoms with van der Waals surface area (Å²) in [5.41, 5.74) is 0.801. The smallest absolute Gasteiger partial charge is 0.227 e. The zero-order valence-corrected chi connectivity index (χ0v) is 11.9. The molecule has 2 aromatic carbocycles. The topological polar surface area (TPSA) is 38.3 Å².